The first kappa shape index (κ1) is 35.1. The summed E-state index contributed by atoms with van der Waals surface area (Å²) in [5.41, 5.74) is 2.88. The minimum atomic E-state index is -1.15. The Hall–Kier alpha value is -3.71. The predicted octanol–water partition coefficient (Wildman–Crippen LogP) is 8.73. The van der Waals surface area contributed by atoms with Crippen molar-refractivity contribution < 1.29 is 28.6 Å². The van der Waals surface area contributed by atoms with Crippen LogP contribution in [0.3, 0.4) is 0 Å². The Balaban J connectivity index is 1.61. The van der Waals surface area contributed by atoms with Gasteiger partial charge >= 0.3 is 6.09 Å². The van der Waals surface area contributed by atoms with Crippen molar-refractivity contribution in [2.45, 2.75) is 110 Å². The first-order valence-corrected chi connectivity index (χ1v) is 17.0. The molecule has 0 radical (unpaired) electrons. The lowest BCUT2D eigenvalue weighted by Gasteiger charge is -2.32. The van der Waals surface area contributed by atoms with Gasteiger partial charge in [0, 0.05) is 18.6 Å². The van der Waals surface area contributed by atoms with Gasteiger partial charge in [-0.25, -0.2) is 9.69 Å². The van der Waals surface area contributed by atoms with E-state index < -0.39 is 35.3 Å². The summed E-state index contributed by atoms with van der Waals surface area (Å²) < 4.78 is 12.0. The Morgan fingerprint density at radius 3 is 2.17 bits per heavy atom. The maximum absolute atomic E-state index is 14.4. The molecule has 2 unspecified atom stereocenters. The van der Waals surface area contributed by atoms with E-state index in [1.165, 1.54) is 11.3 Å². The highest BCUT2D eigenvalue weighted by atomic mass is 16.6. The molecule has 1 aliphatic heterocycles. The third-order valence-corrected chi connectivity index (χ3v) is 9.00. The van der Waals surface area contributed by atoms with E-state index in [0.29, 0.717) is 6.42 Å². The minimum Gasteiger partial charge on any atom is -0.457 e. The summed E-state index contributed by atoms with van der Waals surface area (Å²) in [5.74, 6) is -1.34. The van der Waals surface area contributed by atoms with Gasteiger partial charge in [0.25, 0.3) is 0 Å². The highest BCUT2D eigenvalue weighted by Gasteiger charge is 2.54. The summed E-state index contributed by atoms with van der Waals surface area (Å²) >= 11 is 0. The van der Waals surface area contributed by atoms with E-state index in [1.807, 2.05) is 69.3 Å². The average Bonchev–Trinajstić information content (AvgIpc) is 3.55. The molecular formula is C39H51NO6. The number of aliphatic hydroxyl groups excluding tert-OH is 1. The summed E-state index contributed by atoms with van der Waals surface area (Å²) in [6.07, 6.45) is 8.63. The molecule has 2 atom stereocenters. The second-order valence-corrected chi connectivity index (χ2v) is 13.6. The quantitative estimate of drug-likeness (QED) is 0.0911. The lowest BCUT2D eigenvalue weighted by Crippen LogP contribution is -2.51. The molecule has 1 N–H and O–H groups in total. The molecule has 2 aromatic carbocycles. The van der Waals surface area contributed by atoms with Crippen LogP contribution in [0, 0.1) is 18.8 Å². The van der Waals surface area contributed by atoms with Crippen LogP contribution < -0.4 is 0 Å². The number of hydrogen-bond donors (Lipinski definition) is 1. The average molecular weight is 630 g/mol. The topological polar surface area (TPSA) is 97.1 Å². The number of aryl methyl sites for hydroxylation is 2. The normalized spacial score (nSPS) is 16.5. The van der Waals surface area contributed by atoms with E-state index in [0.717, 1.165) is 73.0 Å². The molecule has 0 saturated carbocycles. The number of Topliss-reactive ketones (excluding diaryl/α,β-unsaturated/α-hetero) is 1. The molecule has 1 saturated heterocycles. The van der Waals surface area contributed by atoms with Gasteiger partial charge in [0.15, 0.2) is 5.76 Å². The van der Waals surface area contributed by atoms with Gasteiger partial charge in [0.1, 0.15) is 17.3 Å². The van der Waals surface area contributed by atoms with Crippen LogP contribution in [0.2, 0.25) is 0 Å². The zero-order valence-corrected chi connectivity index (χ0v) is 28.2. The number of aliphatic hydroxyl groups is 1. The van der Waals surface area contributed by atoms with Gasteiger partial charge in [-0.3, -0.25) is 9.59 Å². The van der Waals surface area contributed by atoms with Gasteiger partial charge < -0.3 is 14.3 Å². The highest BCUT2D eigenvalue weighted by molar-refractivity contribution is 6.12. The number of hydrogen-bond acceptors (Lipinski definition) is 6. The van der Waals surface area contributed by atoms with Crippen LogP contribution in [0.5, 0.6) is 0 Å². The zero-order valence-electron chi connectivity index (χ0n) is 28.2. The highest BCUT2D eigenvalue weighted by Crippen LogP contribution is 2.37. The maximum Gasteiger partial charge on any atom is 0.417 e. The number of ketones is 1. The SMILES string of the molecule is Cc1cccc(-c2cc(C(=O)C(Cc3ccccc3)C(=O)N3C(=O)OC(C)(C)C3C(C)C)oc2CCCCCCCCCCO)c1. The van der Waals surface area contributed by atoms with Crippen molar-refractivity contribution >= 4 is 17.8 Å². The first-order valence-electron chi connectivity index (χ1n) is 17.0. The minimum absolute atomic E-state index is 0.0680. The summed E-state index contributed by atoms with van der Waals surface area (Å²) in [5, 5.41) is 8.97. The van der Waals surface area contributed by atoms with Crippen LogP contribution in [0.1, 0.15) is 107 Å². The van der Waals surface area contributed by atoms with E-state index in [-0.39, 0.29) is 24.7 Å². The first-order chi connectivity index (χ1) is 22.0. The lowest BCUT2D eigenvalue weighted by molar-refractivity contribution is -0.133. The Labute approximate surface area is 274 Å². The molecule has 3 aromatic rings. The van der Waals surface area contributed by atoms with Gasteiger partial charge in [-0.1, -0.05) is 113 Å². The maximum atomic E-state index is 14.4. The third-order valence-electron chi connectivity index (χ3n) is 9.00. The molecular weight excluding hydrogens is 578 g/mol. The summed E-state index contributed by atoms with van der Waals surface area (Å²) in [6.45, 7) is 9.81. The number of rotatable bonds is 17. The van der Waals surface area contributed by atoms with E-state index in [1.54, 1.807) is 19.9 Å². The molecule has 248 valence electrons. The van der Waals surface area contributed by atoms with Crippen molar-refractivity contribution in [2.24, 2.45) is 11.8 Å². The van der Waals surface area contributed by atoms with Crippen LogP contribution >= 0.6 is 0 Å². The number of furan rings is 1. The van der Waals surface area contributed by atoms with Gasteiger partial charge in [-0.15, -0.1) is 0 Å². The summed E-state index contributed by atoms with van der Waals surface area (Å²) in [6, 6.07) is 18.8. The van der Waals surface area contributed by atoms with E-state index in [4.69, 9.17) is 14.3 Å². The number of amides is 2. The van der Waals surface area contributed by atoms with Crippen LogP contribution in [-0.2, 0) is 22.4 Å². The number of carbonyl (C=O) groups excluding carboxylic acids is 3. The molecule has 2 heterocycles. The molecule has 1 fully saturated rings. The fourth-order valence-corrected chi connectivity index (χ4v) is 6.82. The Kier molecular flexibility index (Phi) is 12.4. The molecule has 2 amide bonds. The third kappa shape index (κ3) is 8.75. The number of unbranched alkanes of at least 4 members (excludes halogenated alkanes) is 7. The van der Waals surface area contributed by atoms with Crippen LogP contribution in [0.25, 0.3) is 11.1 Å². The largest absolute Gasteiger partial charge is 0.457 e. The Morgan fingerprint density at radius 2 is 1.54 bits per heavy atom. The summed E-state index contributed by atoms with van der Waals surface area (Å²) in [7, 11) is 0. The van der Waals surface area contributed by atoms with Crippen molar-refractivity contribution in [2.75, 3.05) is 6.61 Å². The molecule has 4 rings (SSSR count). The molecule has 0 aliphatic carbocycles. The van der Waals surface area contributed by atoms with Crippen molar-refractivity contribution in [3.05, 3.63) is 83.3 Å². The number of nitrogens with zero attached hydrogens (tertiary/aromatic N) is 1. The van der Waals surface area contributed by atoms with Gasteiger partial charge in [-0.2, -0.15) is 0 Å². The number of benzene rings is 2. The smallest absolute Gasteiger partial charge is 0.417 e. The van der Waals surface area contributed by atoms with Crippen molar-refractivity contribution in [1.82, 2.24) is 4.90 Å². The Morgan fingerprint density at radius 1 is 0.891 bits per heavy atom. The summed E-state index contributed by atoms with van der Waals surface area (Å²) in [4.78, 5) is 43.0. The Bertz CT molecular complexity index is 1460. The predicted molar refractivity (Wildman–Crippen MR) is 181 cm³/mol. The van der Waals surface area contributed by atoms with Crippen molar-refractivity contribution in [1.29, 1.82) is 0 Å². The standard InChI is InChI=1S/C39H51NO6/c1-27(2)36-39(4,5)46-38(44)40(36)37(43)32(25-29-19-13-12-14-20-29)35(42)34-26-31(30-21-17-18-28(3)24-30)33(45-34)22-15-10-8-6-7-9-11-16-23-41/h12-14,17-21,24,26-27,32,36,41H,6-11,15-16,22-23,25H2,1-5H3. The van der Waals surface area contributed by atoms with Crippen LogP contribution in [0.4, 0.5) is 4.79 Å². The molecule has 0 spiro atoms. The number of ether oxygens (including phenoxy) is 1. The zero-order chi connectivity index (χ0) is 33.3. The molecule has 7 heteroatoms. The second-order valence-electron chi connectivity index (χ2n) is 13.6. The fraction of sp³-hybridized carbons (Fsp3) is 0.513. The molecule has 1 aliphatic rings. The number of imide groups is 1. The van der Waals surface area contributed by atoms with Crippen LogP contribution in [0.15, 0.2) is 65.1 Å². The lowest BCUT2D eigenvalue weighted by atomic mass is 9.86. The molecule has 46 heavy (non-hydrogen) atoms. The van der Waals surface area contributed by atoms with E-state index >= 15 is 0 Å². The van der Waals surface area contributed by atoms with Crippen molar-refractivity contribution in [3.63, 3.8) is 0 Å². The van der Waals surface area contributed by atoms with E-state index in [2.05, 4.69) is 6.07 Å². The van der Waals surface area contributed by atoms with Gasteiger partial charge in [-0.05, 0) is 63.1 Å². The number of carbonyl (C=O) groups is 3. The number of cyclic esters (lactones) is 1. The molecule has 1 aromatic heterocycles. The van der Waals surface area contributed by atoms with Gasteiger partial charge in [0.05, 0.1) is 6.04 Å². The van der Waals surface area contributed by atoms with Crippen molar-refractivity contribution in [3.8, 4) is 11.1 Å². The van der Waals surface area contributed by atoms with E-state index in [9.17, 15) is 14.4 Å². The molecule has 7 nitrogen and oxygen atoms in total. The fourth-order valence-electron chi connectivity index (χ4n) is 6.82. The monoisotopic (exact) mass is 629 g/mol. The van der Waals surface area contributed by atoms with Gasteiger partial charge in [0.2, 0.25) is 11.7 Å². The van der Waals surface area contributed by atoms with Crippen LogP contribution in [-0.4, -0.2) is 46.0 Å². The molecule has 0 bridgehead atoms. The second kappa shape index (κ2) is 16.2.